The average Bonchev–Trinajstić information content (AvgIpc) is 2.87. The third-order valence-electron chi connectivity index (χ3n) is 6.38. The topological polar surface area (TPSA) is 9.23 Å². The van der Waals surface area contributed by atoms with Gasteiger partial charge < -0.3 is 0 Å². The van der Waals surface area contributed by atoms with Crippen LogP contribution in [0.15, 0.2) is 12.1 Å². The van der Waals surface area contributed by atoms with E-state index in [-0.39, 0.29) is 0 Å². The zero-order valence-electron chi connectivity index (χ0n) is 20.0. The van der Waals surface area contributed by atoms with Crippen molar-refractivity contribution in [3.05, 3.63) is 28.8 Å². The van der Waals surface area contributed by atoms with Gasteiger partial charge in [-0.05, 0) is 0 Å². The Morgan fingerprint density at radius 1 is 0.857 bits per heavy atom. The van der Waals surface area contributed by atoms with Crippen LogP contribution in [-0.2, 0) is 4.74 Å². The summed E-state index contributed by atoms with van der Waals surface area (Å²) in [6.45, 7) is 23.5. The van der Waals surface area contributed by atoms with Gasteiger partial charge in [0, 0.05) is 0 Å². The molecule has 0 aromatic heterocycles. The van der Waals surface area contributed by atoms with Gasteiger partial charge in [-0.25, -0.2) is 0 Å². The molecule has 0 bridgehead atoms. The molecule has 2 rings (SSSR count). The van der Waals surface area contributed by atoms with Gasteiger partial charge in [0.05, 0.1) is 0 Å². The summed E-state index contributed by atoms with van der Waals surface area (Å²) in [5, 5.41) is 0. The van der Waals surface area contributed by atoms with Crippen molar-refractivity contribution >= 4 is 19.4 Å². The van der Waals surface area contributed by atoms with E-state index in [0.717, 1.165) is 5.92 Å². The van der Waals surface area contributed by atoms with E-state index >= 15 is 0 Å². The Morgan fingerprint density at radius 2 is 1.39 bits per heavy atom. The summed E-state index contributed by atoms with van der Waals surface area (Å²) in [5.74, 6) is 3.16. The van der Waals surface area contributed by atoms with Crippen molar-refractivity contribution in [1.82, 2.24) is 0 Å². The van der Waals surface area contributed by atoms with E-state index in [1.54, 1.807) is 15.6 Å². The Morgan fingerprint density at radius 3 is 1.82 bits per heavy atom. The predicted octanol–water partition coefficient (Wildman–Crippen LogP) is 7.03. The second kappa shape index (κ2) is 10.1. The first-order chi connectivity index (χ1) is 13.0. The van der Waals surface area contributed by atoms with E-state index in [0.29, 0.717) is 55.7 Å². The van der Waals surface area contributed by atoms with Gasteiger partial charge in [-0.3, -0.25) is 0 Å². The molecule has 1 aliphatic rings. The fourth-order valence-electron chi connectivity index (χ4n) is 4.16. The van der Waals surface area contributed by atoms with Gasteiger partial charge in [0.25, 0.3) is 0 Å². The molecular weight excluding hydrogens is 407 g/mol. The van der Waals surface area contributed by atoms with Gasteiger partial charge in [0.15, 0.2) is 0 Å². The predicted molar refractivity (Wildman–Crippen MR) is 125 cm³/mol. The molecule has 28 heavy (non-hydrogen) atoms. The third-order valence-corrected chi connectivity index (χ3v) is 9.97. The van der Waals surface area contributed by atoms with Crippen LogP contribution in [0.3, 0.4) is 0 Å². The van der Waals surface area contributed by atoms with Crippen LogP contribution >= 0.6 is 0 Å². The van der Waals surface area contributed by atoms with Crippen LogP contribution < -0.4 is 4.46 Å². The fraction of sp³-hybridized carbons (Fsp3) is 0.769. The molecule has 1 aliphatic heterocycles. The molecule has 1 heterocycles. The fourth-order valence-corrected chi connectivity index (χ4v) is 8.19. The van der Waals surface area contributed by atoms with E-state index in [2.05, 4.69) is 81.4 Å². The van der Waals surface area contributed by atoms with Gasteiger partial charge >= 0.3 is 182 Å². The van der Waals surface area contributed by atoms with Crippen LogP contribution in [-0.4, -0.2) is 27.2 Å². The summed E-state index contributed by atoms with van der Waals surface area (Å²) < 4.78 is 8.17. The molecule has 1 aromatic carbocycles. The molecular formula is C26H44OSe. The van der Waals surface area contributed by atoms with Gasteiger partial charge in [0.2, 0.25) is 0 Å². The van der Waals surface area contributed by atoms with Crippen molar-refractivity contribution < 1.29 is 4.74 Å². The van der Waals surface area contributed by atoms with E-state index in [1.165, 1.54) is 18.4 Å². The molecule has 160 valence electrons. The minimum absolute atomic E-state index is 0.393. The maximum absolute atomic E-state index is 6.49. The molecule has 0 saturated carbocycles. The molecule has 4 atom stereocenters. The van der Waals surface area contributed by atoms with Gasteiger partial charge in [-0.15, -0.1) is 0 Å². The number of hydrogen-bond donors (Lipinski definition) is 0. The third kappa shape index (κ3) is 5.65. The molecule has 0 unspecified atom stereocenters. The molecule has 1 nitrogen and oxygen atoms in total. The van der Waals surface area contributed by atoms with Gasteiger partial charge in [-0.1, -0.05) is 0 Å². The van der Waals surface area contributed by atoms with Crippen LogP contribution in [0.4, 0.5) is 0 Å². The summed E-state index contributed by atoms with van der Waals surface area (Å²) >= 11 is 0.459. The Balaban J connectivity index is 2.44. The summed E-state index contributed by atoms with van der Waals surface area (Å²) in [7, 11) is 0. The molecule has 2 heteroatoms. The summed E-state index contributed by atoms with van der Waals surface area (Å²) in [4.78, 5) is 0.696. The number of rotatable bonds is 8. The normalized spacial score (nSPS) is 25.6. The monoisotopic (exact) mass is 452 g/mol. The molecule has 1 aromatic rings. The Labute approximate surface area is 181 Å². The first-order valence-corrected chi connectivity index (χ1v) is 13.4. The van der Waals surface area contributed by atoms with Crippen molar-refractivity contribution in [2.24, 2.45) is 11.8 Å². The summed E-state index contributed by atoms with van der Waals surface area (Å²) in [6.07, 6.45) is 3.33. The van der Waals surface area contributed by atoms with Crippen molar-refractivity contribution in [2.45, 2.75) is 117 Å². The van der Waals surface area contributed by atoms with E-state index < -0.39 is 0 Å². The number of hydrogen-bond acceptors (Lipinski definition) is 1. The second-order valence-corrected chi connectivity index (χ2v) is 12.8. The zero-order chi connectivity index (χ0) is 21.2. The Hall–Kier alpha value is -0.301. The molecule has 1 fully saturated rings. The first kappa shape index (κ1) is 24.0. The van der Waals surface area contributed by atoms with E-state index in [4.69, 9.17) is 4.74 Å². The molecule has 0 aliphatic carbocycles. The summed E-state index contributed by atoms with van der Waals surface area (Å²) in [6, 6.07) is 5.04. The summed E-state index contributed by atoms with van der Waals surface area (Å²) in [5.41, 5.74) is 4.71. The van der Waals surface area contributed by atoms with E-state index in [1.807, 2.05) is 0 Å². The van der Waals surface area contributed by atoms with Crippen LogP contribution in [0.2, 0.25) is 4.82 Å². The average molecular weight is 452 g/mol. The Kier molecular flexibility index (Phi) is 8.68. The molecule has 0 radical (unpaired) electrons. The molecule has 0 N–H and O–H groups in total. The van der Waals surface area contributed by atoms with E-state index in [9.17, 15) is 0 Å². The van der Waals surface area contributed by atoms with Crippen molar-refractivity contribution in [2.75, 3.05) is 0 Å². The SMILES string of the molecule is CC(C)CC[C@H]1O[C@@H](C)[C@H](C)[C@H]1[Se]c1c(C(C)C)cc(C(C)C)cc1C(C)C. The molecule has 0 spiro atoms. The number of benzene rings is 1. The zero-order valence-corrected chi connectivity index (χ0v) is 21.7. The van der Waals surface area contributed by atoms with Gasteiger partial charge in [0.1, 0.15) is 0 Å². The van der Waals surface area contributed by atoms with Crippen LogP contribution in [0.25, 0.3) is 0 Å². The minimum atomic E-state index is 0.393. The van der Waals surface area contributed by atoms with Crippen LogP contribution in [0.5, 0.6) is 0 Å². The molecule has 1 saturated heterocycles. The standard InChI is InChI=1S/C26H44OSe/c1-15(2)11-12-24-25(19(9)20(10)27-24)28-26-22(17(5)6)13-21(16(3)4)14-23(26)18(7)8/h13-20,24-25H,11-12H2,1-10H3/t19-,20-,24+,25+/m0/s1. The van der Waals surface area contributed by atoms with Crippen LogP contribution in [0.1, 0.15) is 117 Å². The Bertz CT molecular complexity index is 602. The van der Waals surface area contributed by atoms with Crippen LogP contribution in [0, 0.1) is 11.8 Å². The van der Waals surface area contributed by atoms with Crippen molar-refractivity contribution in [3.8, 4) is 0 Å². The quantitative estimate of drug-likeness (QED) is 0.385. The maximum atomic E-state index is 6.49. The molecule has 0 amide bonds. The van der Waals surface area contributed by atoms with Crippen molar-refractivity contribution in [1.29, 1.82) is 0 Å². The number of ether oxygens (including phenoxy) is 1. The van der Waals surface area contributed by atoms with Crippen molar-refractivity contribution in [3.63, 3.8) is 0 Å². The second-order valence-electron chi connectivity index (χ2n) is 10.3. The first-order valence-electron chi connectivity index (χ1n) is 11.5. The van der Waals surface area contributed by atoms with Gasteiger partial charge in [-0.2, -0.15) is 0 Å².